The Bertz CT molecular complexity index is 1270. The summed E-state index contributed by atoms with van der Waals surface area (Å²) in [5.74, 6) is 1.97. The minimum Gasteiger partial charge on any atom is -0.468 e. The lowest BCUT2D eigenvalue weighted by Gasteiger charge is -2.30. The van der Waals surface area contributed by atoms with Gasteiger partial charge in [-0.2, -0.15) is 0 Å². The van der Waals surface area contributed by atoms with Crippen molar-refractivity contribution in [2.75, 3.05) is 0 Å². The fraction of sp³-hybridized carbons (Fsp3) is 0.190. The summed E-state index contributed by atoms with van der Waals surface area (Å²) in [5.41, 5.74) is 2.71. The molecule has 0 aromatic carbocycles. The van der Waals surface area contributed by atoms with Crippen LogP contribution in [0.15, 0.2) is 65.0 Å². The zero-order chi connectivity index (χ0) is 19.4. The first-order chi connectivity index (χ1) is 14.3. The lowest BCUT2D eigenvalue weighted by atomic mass is 9.80. The highest BCUT2D eigenvalue weighted by molar-refractivity contribution is 5.99. The number of ether oxygens (including phenoxy) is 1. The Labute approximate surface area is 164 Å². The smallest absolute Gasteiger partial charge is 0.228 e. The SMILES string of the molecule is O=C1CCCC2=C1[C@H](c1ccco1)c1c(ncn3nc(-c4cccnc4)nc13)O2. The summed E-state index contributed by atoms with van der Waals surface area (Å²) in [6.45, 7) is 0. The van der Waals surface area contributed by atoms with E-state index in [1.54, 1.807) is 29.5 Å². The molecule has 0 saturated heterocycles. The number of rotatable bonds is 2. The van der Waals surface area contributed by atoms with Gasteiger partial charge in [0, 0.05) is 36.4 Å². The van der Waals surface area contributed by atoms with E-state index in [0.717, 1.165) is 12.0 Å². The van der Waals surface area contributed by atoms with Gasteiger partial charge >= 0.3 is 0 Å². The summed E-state index contributed by atoms with van der Waals surface area (Å²) in [6, 6.07) is 7.42. The molecular formula is C21H15N5O3. The molecule has 0 bridgehead atoms. The maximum Gasteiger partial charge on any atom is 0.228 e. The van der Waals surface area contributed by atoms with Gasteiger partial charge < -0.3 is 9.15 Å². The van der Waals surface area contributed by atoms with E-state index >= 15 is 0 Å². The second-order valence-electron chi connectivity index (χ2n) is 7.07. The van der Waals surface area contributed by atoms with Crippen LogP contribution in [0, 0.1) is 0 Å². The maximum atomic E-state index is 12.9. The molecule has 0 saturated carbocycles. The topological polar surface area (TPSA) is 95.4 Å². The molecule has 0 radical (unpaired) electrons. The number of allylic oxidation sites excluding steroid dienone is 2. The Morgan fingerprint density at radius 1 is 1.17 bits per heavy atom. The van der Waals surface area contributed by atoms with E-state index in [2.05, 4.69) is 15.1 Å². The number of hydrogen-bond acceptors (Lipinski definition) is 7. The lowest BCUT2D eigenvalue weighted by Crippen LogP contribution is -2.26. The van der Waals surface area contributed by atoms with E-state index in [1.165, 1.54) is 0 Å². The van der Waals surface area contributed by atoms with Crippen LogP contribution in [-0.2, 0) is 4.79 Å². The van der Waals surface area contributed by atoms with Gasteiger partial charge in [-0.25, -0.2) is 14.5 Å². The van der Waals surface area contributed by atoms with Crippen LogP contribution >= 0.6 is 0 Å². The third-order valence-corrected chi connectivity index (χ3v) is 5.34. The molecule has 0 amide bonds. The van der Waals surface area contributed by atoms with Crippen molar-refractivity contribution in [1.82, 2.24) is 24.6 Å². The number of carbonyl (C=O) groups excluding carboxylic acids is 1. The van der Waals surface area contributed by atoms with Gasteiger partial charge in [-0.15, -0.1) is 5.10 Å². The zero-order valence-electron chi connectivity index (χ0n) is 15.3. The molecule has 0 N–H and O–H groups in total. The largest absolute Gasteiger partial charge is 0.468 e. The molecule has 0 unspecified atom stereocenters. The van der Waals surface area contributed by atoms with Crippen LogP contribution in [0.3, 0.4) is 0 Å². The van der Waals surface area contributed by atoms with Crippen molar-refractivity contribution < 1.29 is 13.9 Å². The third kappa shape index (κ3) is 2.42. The first kappa shape index (κ1) is 16.2. The number of hydrogen-bond donors (Lipinski definition) is 0. The van der Waals surface area contributed by atoms with Gasteiger partial charge in [0.25, 0.3) is 0 Å². The number of Topliss-reactive ketones (excluding diaryl/α,β-unsaturated/α-hetero) is 1. The minimum absolute atomic E-state index is 0.0762. The Morgan fingerprint density at radius 2 is 2.14 bits per heavy atom. The maximum absolute atomic E-state index is 12.9. The fourth-order valence-electron chi connectivity index (χ4n) is 4.07. The van der Waals surface area contributed by atoms with Crippen LogP contribution in [0.2, 0.25) is 0 Å². The minimum atomic E-state index is -0.418. The number of furan rings is 1. The summed E-state index contributed by atoms with van der Waals surface area (Å²) in [5, 5.41) is 4.55. The highest BCUT2D eigenvalue weighted by Crippen LogP contribution is 2.47. The Kier molecular flexibility index (Phi) is 3.40. The number of aromatic nitrogens is 5. The lowest BCUT2D eigenvalue weighted by molar-refractivity contribution is -0.116. The molecule has 1 aliphatic carbocycles. The first-order valence-corrected chi connectivity index (χ1v) is 9.43. The zero-order valence-corrected chi connectivity index (χ0v) is 15.3. The molecular weight excluding hydrogens is 370 g/mol. The average Bonchev–Trinajstić information content (AvgIpc) is 3.43. The third-order valence-electron chi connectivity index (χ3n) is 5.34. The second-order valence-corrected chi connectivity index (χ2v) is 7.07. The van der Waals surface area contributed by atoms with Crippen molar-refractivity contribution in [3.63, 3.8) is 0 Å². The van der Waals surface area contributed by atoms with Gasteiger partial charge in [0.05, 0.1) is 17.7 Å². The van der Waals surface area contributed by atoms with Crippen LogP contribution in [0.4, 0.5) is 0 Å². The summed E-state index contributed by atoms with van der Waals surface area (Å²) < 4.78 is 13.4. The molecule has 8 heteroatoms. The van der Waals surface area contributed by atoms with Crippen molar-refractivity contribution in [1.29, 1.82) is 0 Å². The molecule has 1 aliphatic heterocycles. The molecule has 8 nitrogen and oxygen atoms in total. The summed E-state index contributed by atoms with van der Waals surface area (Å²) >= 11 is 0. The van der Waals surface area contributed by atoms with E-state index < -0.39 is 5.92 Å². The van der Waals surface area contributed by atoms with E-state index in [9.17, 15) is 4.79 Å². The summed E-state index contributed by atoms with van der Waals surface area (Å²) in [6.07, 6.45) is 8.58. The summed E-state index contributed by atoms with van der Waals surface area (Å²) in [7, 11) is 0. The predicted octanol–water partition coefficient (Wildman–Crippen LogP) is 3.31. The van der Waals surface area contributed by atoms with Gasteiger partial charge in [-0.1, -0.05) is 0 Å². The van der Waals surface area contributed by atoms with Gasteiger partial charge in [0.1, 0.15) is 17.8 Å². The fourth-order valence-corrected chi connectivity index (χ4v) is 4.07. The molecule has 0 fully saturated rings. The van der Waals surface area contributed by atoms with Crippen molar-refractivity contribution in [3.8, 4) is 17.3 Å². The van der Waals surface area contributed by atoms with Crippen molar-refractivity contribution >= 4 is 11.4 Å². The standard InChI is InChI=1S/C21H15N5O3/c27-13-5-1-6-15-16(13)17(14-7-3-9-28-14)18-20-24-19(12-4-2-8-22-10-12)25-26(20)11-23-21(18)29-15/h2-4,7-11,17H,1,5-6H2/t17-/m0/s1. The van der Waals surface area contributed by atoms with Crippen LogP contribution in [0.25, 0.3) is 17.0 Å². The summed E-state index contributed by atoms with van der Waals surface area (Å²) in [4.78, 5) is 26.2. The number of ketones is 1. The number of pyridine rings is 1. The van der Waals surface area contributed by atoms with Gasteiger partial charge in [0.2, 0.25) is 5.88 Å². The average molecular weight is 385 g/mol. The van der Waals surface area contributed by atoms with E-state index in [0.29, 0.717) is 52.8 Å². The van der Waals surface area contributed by atoms with E-state index in [-0.39, 0.29) is 5.78 Å². The van der Waals surface area contributed by atoms with Crippen LogP contribution in [0.5, 0.6) is 5.88 Å². The van der Waals surface area contributed by atoms with Gasteiger partial charge in [0.15, 0.2) is 17.3 Å². The second kappa shape index (κ2) is 6.10. The first-order valence-electron chi connectivity index (χ1n) is 9.43. The van der Waals surface area contributed by atoms with E-state index in [1.807, 2.05) is 24.3 Å². The Balaban J connectivity index is 1.62. The molecule has 4 aromatic rings. The number of nitrogens with zero attached hydrogens (tertiary/aromatic N) is 5. The monoisotopic (exact) mass is 385 g/mol. The van der Waals surface area contributed by atoms with Crippen molar-refractivity contribution in [2.24, 2.45) is 0 Å². The van der Waals surface area contributed by atoms with E-state index in [4.69, 9.17) is 14.1 Å². The molecule has 2 aliphatic rings. The quantitative estimate of drug-likeness (QED) is 0.522. The number of fused-ring (bicyclic) bond motifs is 3. The molecule has 6 rings (SSSR count). The normalized spacial score (nSPS) is 18.5. The molecule has 5 heterocycles. The van der Waals surface area contributed by atoms with Crippen molar-refractivity contribution in [2.45, 2.75) is 25.2 Å². The molecule has 1 atom stereocenters. The Morgan fingerprint density at radius 3 is 2.97 bits per heavy atom. The van der Waals surface area contributed by atoms with Crippen molar-refractivity contribution in [3.05, 3.63) is 71.9 Å². The predicted molar refractivity (Wildman–Crippen MR) is 101 cm³/mol. The molecule has 0 spiro atoms. The highest BCUT2D eigenvalue weighted by Gasteiger charge is 2.40. The highest BCUT2D eigenvalue weighted by atomic mass is 16.5. The molecule has 142 valence electrons. The van der Waals surface area contributed by atoms with Crippen LogP contribution < -0.4 is 4.74 Å². The molecule has 4 aromatic heterocycles. The van der Waals surface area contributed by atoms with Crippen LogP contribution in [-0.4, -0.2) is 30.3 Å². The van der Waals surface area contributed by atoms with Gasteiger partial charge in [-0.05, 0) is 30.7 Å². The van der Waals surface area contributed by atoms with Crippen LogP contribution in [0.1, 0.15) is 36.5 Å². The Hall–Kier alpha value is -3.81. The van der Waals surface area contributed by atoms with Gasteiger partial charge in [-0.3, -0.25) is 9.78 Å². The number of carbonyl (C=O) groups is 1. The molecule has 29 heavy (non-hydrogen) atoms.